The van der Waals surface area contributed by atoms with Crippen molar-refractivity contribution < 1.29 is 19.1 Å². The van der Waals surface area contributed by atoms with Crippen molar-refractivity contribution in [2.75, 3.05) is 39.4 Å². The maximum Gasteiger partial charge on any atom is 0.295 e. The maximum atomic E-state index is 12.5. The van der Waals surface area contributed by atoms with Crippen molar-refractivity contribution in [1.29, 1.82) is 0 Å². The second kappa shape index (κ2) is 8.89. The molecule has 7 nitrogen and oxygen atoms in total. The van der Waals surface area contributed by atoms with Crippen molar-refractivity contribution in [3.8, 4) is 0 Å². The molecule has 26 heavy (non-hydrogen) atoms. The standard InChI is InChI=1S/C19H25N3O4/c23-17(21-9-11-26-12-10-21)6-5-15-3-2-8-22(14-15)19(25)18(24)16-4-1-7-20-13-16/h1,4,7,13,15H,2-3,5-6,8-12,14H2/t15-/m0/s1. The van der Waals surface area contributed by atoms with Gasteiger partial charge in [0.15, 0.2) is 0 Å². The number of carbonyl (C=O) groups is 3. The monoisotopic (exact) mass is 359 g/mol. The lowest BCUT2D eigenvalue weighted by molar-refractivity contribution is -0.135. The molecule has 0 unspecified atom stereocenters. The van der Waals surface area contributed by atoms with E-state index in [1.807, 2.05) is 4.90 Å². The van der Waals surface area contributed by atoms with Crippen LogP contribution in [-0.2, 0) is 14.3 Å². The van der Waals surface area contributed by atoms with Gasteiger partial charge in [-0.1, -0.05) is 0 Å². The number of morpholine rings is 1. The molecule has 1 atom stereocenters. The predicted molar refractivity (Wildman–Crippen MR) is 94.5 cm³/mol. The number of likely N-dealkylation sites (tertiary alicyclic amines) is 1. The van der Waals surface area contributed by atoms with Crippen LogP contribution in [0.25, 0.3) is 0 Å². The van der Waals surface area contributed by atoms with Gasteiger partial charge in [-0.3, -0.25) is 19.4 Å². The number of piperidine rings is 1. The van der Waals surface area contributed by atoms with E-state index in [-0.39, 0.29) is 11.8 Å². The molecule has 7 heteroatoms. The first kappa shape index (κ1) is 18.5. The second-order valence-corrected chi connectivity index (χ2v) is 6.86. The van der Waals surface area contributed by atoms with E-state index < -0.39 is 11.7 Å². The Hall–Kier alpha value is -2.28. The highest BCUT2D eigenvalue weighted by Crippen LogP contribution is 2.22. The van der Waals surface area contributed by atoms with Crippen LogP contribution in [0, 0.1) is 5.92 Å². The van der Waals surface area contributed by atoms with Gasteiger partial charge in [-0.15, -0.1) is 0 Å². The predicted octanol–water partition coefficient (Wildman–Crippen LogP) is 1.14. The summed E-state index contributed by atoms with van der Waals surface area (Å²) in [5.74, 6) is -0.562. The van der Waals surface area contributed by atoms with Crippen LogP contribution in [0.4, 0.5) is 0 Å². The van der Waals surface area contributed by atoms with Crippen molar-refractivity contribution in [3.63, 3.8) is 0 Å². The van der Waals surface area contributed by atoms with Crippen LogP contribution >= 0.6 is 0 Å². The van der Waals surface area contributed by atoms with Crippen LogP contribution in [-0.4, -0.2) is 71.8 Å². The Balaban J connectivity index is 1.50. The molecule has 2 aliphatic rings. The van der Waals surface area contributed by atoms with E-state index in [9.17, 15) is 14.4 Å². The highest BCUT2D eigenvalue weighted by molar-refractivity contribution is 6.42. The molecule has 0 aromatic carbocycles. The fourth-order valence-corrected chi connectivity index (χ4v) is 3.55. The van der Waals surface area contributed by atoms with Gasteiger partial charge in [-0.2, -0.15) is 0 Å². The van der Waals surface area contributed by atoms with Crippen LogP contribution in [0.15, 0.2) is 24.5 Å². The molecule has 0 spiro atoms. The quantitative estimate of drug-likeness (QED) is 0.582. The summed E-state index contributed by atoms with van der Waals surface area (Å²) in [6.07, 6.45) is 6.08. The minimum absolute atomic E-state index is 0.156. The van der Waals surface area contributed by atoms with E-state index in [0.29, 0.717) is 51.4 Å². The first-order valence-electron chi connectivity index (χ1n) is 9.24. The van der Waals surface area contributed by atoms with Gasteiger partial charge in [-0.05, 0) is 37.3 Å². The maximum absolute atomic E-state index is 12.5. The zero-order valence-corrected chi connectivity index (χ0v) is 14.9. The van der Waals surface area contributed by atoms with E-state index in [2.05, 4.69) is 4.98 Å². The Morgan fingerprint density at radius 2 is 1.96 bits per heavy atom. The van der Waals surface area contributed by atoms with Crippen molar-refractivity contribution in [3.05, 3.63) is 30.1 Å². The molecule has 0 saturated carbocycles. The molecule has 1 aromatic rings. The lowest BCUT2D eigenvalue weighted by Crippen LogP contribution is -2.44. The summed E-state index contributed by atoms with van der Waals surface area (Å²) in [5, 5.41) is 0. The minimum Gasteiger partial charge on any atom is -0.378 e. The number of nitrogens with zero attached hydrogens (tertiary/aromatic N) is 3. The number of hydrogen-bond donors (Lipinski definition) is 0. The van der Waals surface area contributed by atoms with Gasteiger partial charge < -0.3 is 14.5 Å². The molecular formula is C19H25N3O4. The Labute approximate surface area is 153 Å². The van der Waals surface area contributed by atoms with Crippen molar-refractivity contribution in [2.24, 2.45) is 5.92 Å². The van der Waals surface area contributed by atoms with Crippen molar-refractivity contribution >= 4 is 17.6 Å². The number of carbonyl (C=O) groups excluding carboxylic acids is 3. The smallest absolute Gasteiger partial charge is 0.295 e. The second-order valence-electron chi connectivity index (χ2n) is 6.86. The van der Waals surface area contributed by atoms with Gasteiger partial charge >= 0.3 is 0 Å². The summed E-state index contributed by atoms with van der Waals surface area (Å²) in [4.78, 5) is 44.5. The topological polar surface area (TPSA) is 79.8 Å². The molecule has 0 bridgehead atoms. The van der Waals surface area contributed by atoms with Crippen LogP contribution in [0.3, 0.4) is 0 Å². The van der Waals surface area contributed by atoms with E-state index in [4.69, 9.17) is 4.74 Å². The number of aromatic nitrogens is 1. The Morgan fingerprint density at radius 1 is 1.15 bits per heavy atom. The van der Waals surface area contributed by atoms with Gasteiger partial charge in [0.25, 0.3) is 11.7 Å². The number of ether oxygens (including phenoxy) is 1. The van der Waals surface area contributed by atoms with Crippen LogP contribution in [0.2, 0.25) is 0 Å². The fraction of sp³-hybridized carbons (Fsp3) is 0.579. The molecular weight excluding hydrogens is 334 g/mol. The van der Waals surface area contributed by atoms with Crippen LogP contribution < -0.4 is 0 Å². The third-order valence-electron chi connectivity index (χ3n) is 5.05. The fourth-order valence-electron chi connectivity index (χ4n) is 3.55. The van der Waals surface area contributed by atoms with Gasteiger partial charge in [-0.25, -0.2) is 0 Å². The minimum atomic E-state index is -0.511. The molecule has 0 aliphatic carbocycles. The largest absolute Gasteiger partial charge is 0.378 e. The normalized spacial score (nSPS) is 20.7. The number of amides is 2. The van der Waals surface area contributed by atoms with Crippen molar-refractivity contribution in [1.82, 2.24) is 14.8 Å². The Morgan fingerprint density at radius 3 is 2.69 bits per heavy atom. The summed E-state index contributed by atoms with van der Waals surface area (Å²) in [6.45, 7) is 3.67. The van der Waals surface area contributed by atoms with Gasteiger partial charge in [0.1, 0.15) is 0 Å². The number of Topliss-reactive ketones (excluding diaryl/α,β-unsaturated/α-hetero) is 1. The highest BCUT2D eigenvalue weighted by Gasteiger charge is 2.29. The molecule has 2 fully saturated rings. The number of ketones is 1. The Kier molecular flexibility index (Phi) is 6.33. The summed E-state index contributed by atoms with van der Waals surface area (Å²) in [7, 11) is 0. The third-order valence-corrected chi connectivity index (χ3v) is 5.05. The van der Waals surface area contributed by atoms with E-state index in [1.165, 1.54) is 6.20 Å². The average molecular weight is 359 g/mol. The number of hydrogen-bond acceptors (Lipinski definition) is 5. The van der Waals surface area contributed by atoms with Gasteiger partial charge in [0.05, 0.1) is 13.2 Å². The molecule has 2 amide bonds. The first-order valence-corrected chi connectivity index (χ1v) is 9.24. The lowest BCUT2D eigenvalue weighted by atomic mass is 9.92. The molecule has 0 N–H and O–H groups in total. The highest BCUT2D eigenvalue weighted by atomic mass is 16.5. The number of pyridine rings is 1. The molecule has 3 rings (SSSR count). The van der Waals surface area contributed by atoms with E-state index in [0.717, 1.165) is 19.3 Å². The van der Waals surface area contributed by atoms with Crippen molar-refractivity contribution in [2.45, 2.75) is 25.7 Å². The summed E-state index contributed by atoms with van der Waals surface area (Å²) in [5.41, 5.74) is 0.321. The summed E-state index contributed by atoms with van der Waals surface area (Å²) >= 11 is 0. The summed E-state index contributed by atoms with van der Waals surface area (Å²) < 4.78 is 5.27. The molecule has 0 radical (unpaired) electrons. The SMILES string of the molecule is O=C(C(=O)N1CCC[C@@H](CCC(=O)N2CCOCC2)C1)c1cccnc1. The molecule has 2 saturated heterocycles. The average Bonchev–Trinajstić information content (AvgIpc) is 2.72. The number of rotatable bonds is 5. The van der Waals surface area contributed by atoms with E-state index in [1.54, 1.807) is 23.2 Å². The Bertz CT molecular complexity index is 643. The van der Waals surface area contributed by atoms with E-state index >= 15 is 0 Å². The molecule has 1 aromatic heterocycles. The molecule has 3 heterocycles. The lowest BCUT2D eigenvalue weighted by Gasteiger charge is -2.33. The summed E-state index contributed by atoms with van der Waals surface area (Å²) in [6, 6.07) is 3.26. The van der Waals surface area contributed by atoms with Crippen LogP contribution in [0.1, 0.15) is 36.0 Å². The third kappa shape index (κ3) is 4.66. The van der Waals surface area contributed by atoms with Crippen LogP contribution in [0.5, 0.6) is 0 Å². The van der Waals surface area contributed by atoms with Gasteiger partial charge in [0.2, 0.25) is 5.91 Å². The zero-order valence-electron chi connectivity index (χ0n) is 14.9. The van der Waals surface area contributed by atoms with Gasteiger partial charge in [0, 0.05) is 50.6 Å². The first-order chi connectivity index (χ1) is 12.6. The molecule has 140 valence electrons. The molecule has 2 aliphatic heterocycles. The zero-order chi connectivity index (χ0) is 18.4.